The zero-order chi connectivity index (χ0) is 49.2. The second kappa shape index (κ2) is 48.9. The Bertz CT molecular complexity index is 1370. The van der Waals surface area contributed by atoms with Crippen LogP contribution < -0.4 is 0 Å². The first-order valence-corrected chi connectivity index (χ1v) is 26.8. The van der Waals surface area contributed by atoms with Crippen LogP contribution in [0.4, 0.5) is 0 Å². The zero-order valence-corrected chi connectivity index (χ0v) is 43.5. The van der Waals surface area contributed by atoms with Gasteiger partial charge in [0.1, 0.15) is 13.2 Å². The van der Waals surface area contributed by atoms with E-state index in [9.17, 15) is 19.5 Å². The molecular formula is C58H100NO8+. The number of hydrogen-bond donors (Lipinski definition) is 1. The molecule has 67 heavy (non-hydrogen) atoms. The monoisotopic (exact) mass is 939 g/mol. The van der Waals surface area contributed by atoms with Crippen molar-refractivity contribution in [2.24, 2.45) is 0 Å². The van der Waals surface area contributed by atoms with Crippen molar-refractivity contribution in [3.8, 4) is 0 Å². The van der Waals surface area contributed by atoms with E-state index in [1.807, 2.05) is 21.1 Å². The van der Waals surface area contributed by atoms with E-state index in [1.54, 1.807) is 0 Å². The molecule has 384 valence electrons. The molecule has 0 aromatic rings. The number of ether oxygens (including phenoxy) is 4. The SMILES string of the molecule is CC/C=C\C/C=C\C/C=C\C/C=C\C/C=C\C/C=C\CCCCCCCCCCCCCCC(=O)OC(COC(=O)CCCCCCC/C=C\CCCC)COC(OCC[N+](C)(C)C)C(=O)O. The topological polar surface area (TPSA) is 108 Å². The van der Waals surface area contributed by atoms with E-state index >= 15 is 0 Å². The number of carbonyl (C=O) groups is 3. The van der Waals surface area contributed by atoms with Crippen LogP contribution in [0.2, 0.25) is 0 Å². The number of nitrogens with zero attached hydrogens (tertiary/aromatic N) is 1. The highest BCUT2D eigenvalue weighted by Gasteiger charge is 2.25. The zero-order valence-electron chi connectivity index (χ0n) is 43.5. The molecule has 9 heteroatoms. The van der Waals surface area contributed by atoms with Crippen molar-refractivity contribution in [2.75, 3.05) is 47.5 Å². The molecule has 1 N–H and O–H groups in total. The second-order valence-corrected chi connectivity index (χ2v) is 18.8. The van der Waals surface area contributed by atoms with Crippen molar-refractivity contribution in [1.82, 2.24) is 0 Å². The minimum atomic E-state index is -1.51. The maximum absolute atomic E-state index is 12.8. The van der Waals surface area contributed by atoms with Gasteiger partial charge in [0.2, 0.25) is 0 Å². The van der Waals surface area contributed by atoms with Crippen LogP contribution in [0.1, 0.15) is 206 Å². The lowest BCUT2D eigenvalue weighted by molar-refractivity contribution is -0.870. The number of unbranched alkanes of at least 4 members (excludes halogenated alkanes) is 19. The molecule has 0 aromatic carbocycles. The molecule has 0 fully saturated rings. The second-order valence-electron chi connectivity index (χ2n) is 18.8. The number of carboxylic acid groups (broad SMARTS) is 1. The molecule has 0 aliphatic rings. The van der Waals surface area contributed by atoms with Crippen LogP contribution >= 0.6 is 0 Å². The van der Waals surface area contributed by atoms with E-state index in [1.165, 1.54) is 70.6 Å². The number of aliphatic carboxylic acids is 1. The molecule has 0 amide bonds. The number of carbonyl (C=O) groups excluding carboxylic acids is 2. The maximum atomic E-state index is 12.8. The van der Waals surface area contributed by atoms with Crippen molar-refractivity contribution in [2.45, 2.75) is 219 Å². The normalized spacial score (nSPS) is 13.5. The highest BCUT2D eigenvalue weighted by Crippen LogP contribution is 2.15. The van der Waals surface area contributed by atoms with Crippen LogP contribution in [0.15, 0.2) is 85.1 Å². The van der Waals surface area contributed by atoms with Gasteiger partial charge in [-0.05, 0) is 83.5 Å². The number of allylic oxidation sites excluding steroid dienone is 14. The number of hydrogen-bond acceptors (Lipinski definition) is 7. The van der Waals surface area contributed by atoms with Crippen LogP contribution in [0.25, 0.3) is 0 Å². The summed E-state index contributed by atoms with van der Waals surface area (Å²) in [5, 5.41) is 9.66. The van der Waals surface area contributed by atoms with E-state index in [-0.39, 0.29) is 38.6 Å². The lowest BCUT2D eigenvalue weighted by atomic mass is 10.0. The minimum absolute atomic E-state index is 0.183. The van der Waals surface area contributed by atoms with E-state index in [4.69, 9.17) is 18.9 Å². The van der Waals surface area contributed by atoms with Gasteiger partial charge in [0.25, 0.3) is 6.29 Å². The summed E-state index contributed by atoms with van der Waals surface area (Å²) in [7, 11) is 5.95. The third-order valence-electron chi connectivity index (χ3n) is 11.1. The van der Waals surface area contributed by atoms with E-state index in [0.717, 1.165) is 103 Å². The summed E-state index contributed by atoms with van der Waals surface area (Å²) in [4.78, 5) is 37.2. The highest BCUT2D eigenvalue weighted by molar-refractivity contribution is 5.71. The Hall–Kier alpha value is -3.53. The molecule has 0 saturated heterocycles. The summed E-state index contributed by atoms with van der Waals surface area (Å²) in [6.07, 6.45) is 60.9. The smallest absolute Gasteiger partial charge is 0.361 e. The van der Waals surface area contributed by atoms with Gasteiger partial charge in [-0.25, -0.2) is 4.79 Å². The Morgan fingerprint density at radius 2 is 0.851 bits per heavy atom. The van der Waals surface area contributed by atoms with Crippen LogP contribution in [0.5, 0.6) is 0 Å². The quantitative estimate of drug-likeness (QED) is 0.0211. The molecule has 9 nitrogen and oxygen atoms in total. The summed E-state index contributed by atoms with van der Waals surface area (Å²) in [5.41, 5.74) is 0. The lowest BCUT2D eigenvalue weighted by Gasteiger charge is -2.25. The van der Waals surface area contributed by atoms with Crippen LogP contribution in [-0.4, -0.2) is 87.4 Å². The van der Waals surface area contributed by atoms with Crippen molar-refractivity contribution in [1.29, 1.82) is 0 Å². The van der Waals surface area contributed by atoms with Gasteiger partial charge >= 0.3 is 17.9 Å². The molecule has 0 radical (unpaired) electrons. The van der Waals surface area contributed by atoms with Crippen LogP contribution in [-0.2, 0) is 33.3 Å². The Morgan fingerprint density at radius 1 is 0.463 bits per heavy atom. The highest BCUT2D eigenvalue weighted by atomic mass is 16.7. The largest absolute Gasteiger partial charge is 0.477 e. The molecule has 0 heterocycles. The van der Waals surface area contributed by atoms with Crippen molar-refractivity contribution in [3.05, 3.63) is 85.1 Å². The minimum Gasteiger partial charge on any atom is -0.477 e. The fourth-order valence-corrected chi connectivity index (χ4v) is 7.00. The van der Waals surface area contributed by atoms with Crippen molar-refractivity contribution in [3.63, 3.8) is 0 Å². The van der Waals surface area contributed by atoms with Gasteiger partial charge in [-0.3, -0.25) is 9.59 Å². The summed E-state index contributed by atoms with van der Waals surface area (Å²) in [6, 6.07) is 0. The van der Waals surface area contributed by atoms with Gasteiger partial charge in [0.05, 0.1) is 34.4 Å². The molecule has 0 aliphatic carbocycles. The summed E-state index contributed by atoms with van der Waals surface area (Å²) in [5.74, 6) is -2.03. The van der Waals surface area contributed by atoms with Gasteiger partial charge in [-0.1, -0.05) is 195 Å². The molecule has 0 saturated carbocycles. The van der Waals surface area contributed by atoms with Crippen LogP contribution in [0, 0.1) is 0 Å². The van der Waals surface area contributed by atoms with E-state index in [0.29, 0.717) is 17.4 Å². The number of quaternary nitrogens is 1. The molecule has 0 rings (SSSR count). The Kier molecular flexibility index (Phi) is 46.3. The van der Waals surface area contributed by atoms with Gasteiger partial charge in [-0.2, -0.15) is 0 Å². The van der Waals surface area contributed by atoms with Gasteiger partial charge in [-0.15, -0.1) is 0 Å². The lowest BCUT2D eigenvalue weighted by Crippen LogP contribution is -2.40. The number of carboxylic acids is 1. The number of esters is 2. The summed E-state index contributed by atoms with van der Waals surface area (Å²) >= 11 is 0. The summed E-state index contributed by atoms with van der Waals surface area (Å²) in [6.45, 7) is 4.70. The summed E-state index contributed by atoms with van der Waals surface area (Å²) < 4.78 is 22.8. The third-order valence-corrected chi connectivity index (χ3v) is 11.1. The molecule has 0 aromatic heterocycles. The van der Waals surface area contributed by atoms with Crippen molar-refractivity contribution >= 4 is 17.9 Å². The van der Waals surface area contributed by atoms with Gasteiger partial charge in [0, 0.05) is 12.8 Å². The number of likely N-dealkylation sites (N-methyl/N-ethyl adjacent to an activating group) is 1. The predicted molar refractivity (Wildman–Crippen MR) is 281 cm³/mol. The Labute approximate surface area is 410 Å². The predicted octanol–water partition coefficient (Wildman–Crippen LogP) is 15.2. The first-order chi connectivity index (χ1) is 32.6. The molecule has 0 aliphatic heterocycles. The fraction of sp³-hybridized carbons (Fsp3) is 0.707. The number of rotatable bonds is 48. The maximum Gasteiger partial charge on any atom is 0.361 e. The van der Waals surface area contributed by atoms with E-state index in [2.05, 4.69) is 98.9 Å². The molecule has 0 spiro atoms. The average molecular weight is 939 g/mol. The first kappa shape index (κ1) is 63.5. The fourth-order valence-electron chi connectivity index (χ4n) is 7.00. The van der Waals surface area contributed by atoms with Gasteiger partial charge in [0.15, 0.2) is 6.10 Å². The standard InChI is InChI=1S/C58H99NO8/c1-6-8-10-12-14-16-18-19-20-21-22-23-24-25-26-27-28-29-30-31-32-33-34-35-36-37-39-41-43-45-47-49-56(61)67-54(53-66-58(57(62)63)64-51-50-59(3,4)5)52-65-55(60)48-46-44-42-40-38-17-15-13-11-9-7-2/h8,10,13-16,19-20,22-23,25-26,28-29,54,58H,6-7,9,11-12,17-18,21,24,27,30-53H2,1-5H3/p+1/b10-8-,15-13-,16-14-,20-19-,23-22-,26-25-,29-28-. The third kappa shape index (κ3) is 50.2. The van der Waals surface area contributed by atoms with Crippen LogP contribution in [0.3, 0.4) is 0 Å². The molecule has 2 atom stereocenters. The van der Waals surface area contributed by atoms with Crippen molar-refractivity contribution < 1.29 is 42.9 Å². The van der Waals surface area contributed by atoms with E-state index < -0.39 is 24.3 Å². The Morgan fingerprint density at radius 3 is 1.28 bits per heavy atom. The Balaban J connectivity index is 4.18. The van der Waals surface area contributed by atoms with Gasteiger partial charge < -0.3 is 28.5 Å². The molecule has 0 bridgehead atoms. The first-order valence-electron chi connectivity index (χ1n) is 26.8. The molecular weight excluding hydrogens is 839 g/mol. The average Bonchev–Trinajstić information content (AvgIpc) is 3.29. The molecule has 2 unspecified atom stereocenters.